The number of carbonyl (C=O) groups excluding carboxylic acids is 3. The first kappa shape index (κ1) is 73.3. The Hall–Kier alpha value is -3.67. The SMILES string of the molecule is CC/C=C\C/C=C\C/C=C\C/C=C\C/C=C\C/C=C\CCCCCCCCC(=O)OCC(COC(=O)CCCCCCC/C=C\C/C=C\CCCCC)OC(=O)CCCCCCCCCCCCCCCCCCCCC. The lowest BCUT2D eigenvalue weighted by molar-refractivity contribution is -0.167. The number of rotatable bonds is 59. The number of unbranched alkanes of at least 4 members (excludes halogenated alkanes) is 32. The van der Waals surface area contributed by atoms with Crippen molar-refractivity contribution in [3.05, 3.63) is 97.2 Å². The topological polar surface area (TPSA) is 78.9 Å². The highest BCUT2D eigenvalue weighted by Crippen LogP contribution is 2.17. The molecule has 6 heteroatoms. The lowest BCUT2D eigenvalue weighted by Gasteiger charge is -2.18. The molecule has 0 spiro atoms. The first-order valence-corrected chi connectivity index (χ1v) is 32.7. The standard InChI is InChI=1S/C71H122O6/c1-4-7-10-13-16-19-22-25-28-30-32-33-34-35-36-37-39-40-43-46-49-52-55-58-61-64-70(73)76-67-68(66-75-69(72)63-60-57-54-51-48-45-42-27-24-21-18-15-12-9-6-3)77-71(74)65-62-59-56-53-50-47-44-41-38-31-29-26-23-20-17-14-11-8-5-2/h7,10,16,18-19,21,25,27-28,32-33,35-36,39-40,42,68H,4-6,8-9,11-15,17,20,22-24,26,29-31,34,37-38,41,43-67H2,1-3H3/b10-7-,19-16-,21-18-,28-25-,33-32-,36-35-,40-39-,42-27-. The molecule has 0 saturated carbocycles. The molecule has 0 fully saturated rings. The van der Waals surface area contributed by atoms with Crippen molar-refractivity contribution in [2.75, 3.05) is 13.2 Å². The largest absolute Gasteiger partial charge is 0.462 e. The van der Waals surface area contributed by atoms with Gasteiger partial charge in [0.25, 0.3) is 0 Å². The molecule has 0 aliphatic heterocycles. The molecule has 0 bridgehead atoms. The van der Waals surface area contributed by atoms with Gasteiger partial charge in [-0.15, -0.1) is 0 Å². The molecule has 77 heavy (non-hydrogen) atoms. The van der Waals surface area contributed by atoms with Gasteiger partial charge in [-0.25, -0.2) is 0 Å². The van der Waals surface area contributed by atoms with Gasteiger partial charge in [0.05, 0.1) is 0 Å². The molecule has 0 rings (SSSR count). The average molecular weight is 1070 g/mol. The van der Waals surface area contributed by atoms with Crippen LogP contribution in [0, 0.1) is 0 Å². The van der Waals surface area contributed by atoms with E-state index in [2.05, 4.69) is 118 Å². The van der Waals surface area contributed by atoms with Crippen LogP contribution in [0.15, 0.2) is 97.2 Å². The van der Waals surface area contributed by atoms with Crippen molar-refractivity contribution in [3.8, 4) is 0 Å². The molecule has 0 amide bonds. The highest BCUT2D eigenvalue weighted by atomic mass is 16.6. The van der Waals surface area contributed by atoms with Crippen molar-refractivity contribution in [2.24, 2.45) is 0 Å². The molecule has 0 aromatic rings. The van der Waals surface area contributed by atoms with Gasteiger partial charge >= 0.3 is 17.9 Å². The maximum absolute atomic E-state index is 12.9. The first-order valence-electron chi connectivity index (χ1n) is 32.7. The maximum atomic E-state index is 12.9. The highest BCUT2D eigenvalue weighted by Gasteiger charge is 2.19. The van der Waals surface area contributed by atoms with Crippen LogP contribution in [0.3, 0.4) is 0 Å². The predicted molar refractivity (Wildman–Crippen MR) is 334 cm³/mol. The van der Waals surface area contributed by atoms with Gasteiger partial charge in [0.1, 0.15) is 13.2 Å². The number of esters is 3. The third kappa shape index (κ3) is 63.0. The van der Waals surface area contributed by atoms with E-state index < -0.39 is 6.10 Å². The van der Waals surface area contributed by atoms with Gasteiger partial charge in [-0.3, -0.25) is 14.4 Å². The summed E-state index contributed by atoms with van der Waals surface area (Å²) in [5.74, 6) is -0.901. The van der Waals surface area contributed by atoms with Crippen LogP contribution in [-0.4, -0.2) is 37.2 Å². The van der Waals surface area contributed by atoms with Gasteiger partial charge in [0.2, 0.25) is 0 Å². The third-order valence-electron chi connectivity index (χ3n) is 14.1. The van der Waals surface area contributed by atoms with Crippen molar-refractivity contribution in [2.45, 2.75) is 322 Å². The minimum absolute atomic E-state index is 0.0874. The van der Waals surface area contributed by atoms with Crippen LogP contribution in [0.5, 0.6) is 0 Å². The fourth-order valence-corrected chi connectivity index (χ4v) is 9.18. The molecular formula is C71H122O6. The maximum Gasteiger partial charge on any atom is 0.306 e. The van der Waals surface area contributed by atoms with Gasteiger partial charge < -0.3 is 14.2 Å². The molecular weight excluding hydrogens is 949 g/mol. The lowest BCUT2D eigenvalue weighted by Crippen LogP contribution is -2.30. The van der Waals surface area contributed by atoms with E-state index in [0.29, 0.717) is 19.3 Å². The first-order chi connectivity index (χ1) is 38.0. The van der Waals surface area contributed by atoms with Crippen molar-refractivity contribution >= 4 is 17.9 Å². The van der Waals surface area contributed by atoms with Crippen LogP contribution in [0.4, 0.5) is 0 Å². The molecule has 0 aromatic carbocycles. The summed E-state index contributed by atoms with van der Waals surface area (Å²) in [6.45, 7) is 6.51. The Bertz CT molecular complexity index is 1510. The van der Waals surface area contributed by atoms with Gasteiger partial charge in [-0.2, -0.15) is 0 Å². The Morgan fingerprint density at radius 1 is 0.273 bits per heavy atom. The normalized spacial score (nSPS) is 12.7. The number of hydrogen-bond acceptors (Lipinski definition) is 6. The monoisotopic (exact) mass is 1070 g/mol. The van der Waals surface area contributed by atoms with Crippen molar-refractivity contribution < 1.29 is 28.6 Å². The molecule has 0 radical (unpaired) electrons. The van der Waals surface area contributed by atoms with Crippen LogP contribution in [0.2, 0.25) is 0 Å². The Kier molecular flexibility index (Phi) is 61.8. The van der Waals surface area contributed by atoms with Gasteiger partial charge in [-0.05, 0) is 103 Å². The van der Waals surface area contributed by atoms with Crippen LogP contribution in [-0.2, 0) is 28.6 Å². The van der Waals surface area contributed by atoms with E-state index in [1.165, 1.54) is 148 Å². The van der Waals surface area contributed by atoms with Crippen LogP contribution in [0.25, 0.3) is 0 Å². The van der Waals surface area contributed by atoms with Crippen molar-refractivity contribution in [3.63, 3.8) is 0 Å². The van der Waals surface area contributed by atoms with E-state index in [9.17, 15) is 14.4 Å². The Labute approximate surface area is 477 Å². The van der Waals surface area contributed by atoms with Crippen LogP contribution >= 0.6 is 0 Å². The Morgan fingerprint density at radius 2 is 0.506 bits per heavy atom. The van der Waals surface area contributed by atoms with E-state index in [0.717, 1.165) is 128 Å². The summed E-state index contributed by atoms with van der Waals surface area (Å²) in [4.78, 5) is 38.4. The average Bonchev–Trinajstić information content (AvgIpc) is 3.43. The van der Waals surface area contributed by atoms with E-state index in [1.54, 1.807) is 0 Å². The smallest absolute Gasteiger partial charge is 0.306 e. The van der Waals surface area contributed by atoms with E-state index in [4.69, 9.17) is 14.2 Å². The zero-order chi connectivity index (χ0) is 55.7. The molecule has 6 nitrogen and oxygen atoms in total. The van der Waals surface area contributed by atoms with Crippen LogP contribution in [0.1, 0.15) is 316 Å². The highest BCUT2D eigenvalue weighted by molar-refractivity contribution is 5.71. The molecule has 0 aromatic heterocycles. The summed E-state index contributed by atoms with van der Waals surface area (Å²) in [5.41, 5.74) is 0. The molecule has 0 N–H and O–H groups in total. The number of hydrogen-bond donors (Lipinski definition) is 0. The second-order valence-electron chi connectivity index (χ2n) is 21.6. The molecule has 0 aliphatic rings. The fraction of sp³-hybridized carbons (Fsp3) is 0.732. The van der Waals surface area contributed by atoms with Crippen LogP contribution < -0.4 is 0 Å². The summed E-state index contributed by atoms with van der Waals surface area (Å²) < 4.78 is 16.9. The molecule has 1 unspecified atom stereocenters. The zero-order valence-corrected chi connectivity index (χ0v) is 50.7. The van der Waals surface area contributed by atoms with E-state index in [-0.39, 0.29) is 31.1 Å². The summed E-state index contributed by atoms with van der Waals surface area (Å²) in [7, 11) is 0. The summed E-state index contributed by atoms with van der Waals surface area (Å²) in [5, 5.41) is 0. The molecule has 0 saturated heterocycles. The Balaban J connectivity index is 4.39. The molecule has 0 aliphatic carbocycles. The van der Waals surface area contributed by atoms with Crippen molar-refractivity contribution in [1.82, 2.24) is 0 Å². The molecule has 1 atom stereocenters. The summed E-state index contributed by atoms with van der Waals surface area (Å²) in [6, 6.07) is 0. The van der Waals surface area contributed by atoms with Gasteiger partial charge in [0, 0.05) is 19.3 Å². The Morgan fingerprint density at radius 3 is 0.818 bits per heavy atom. The second-order valence-corrected chi connectivity index (χ2v) is 21.6. The number of ether oxygens (including phenoxy) is 3. The third-order valence-corrected chi connectivity index (χ3v) is 14.1. The summed E-state index contributed by atoms with van der Waals surface area (Å²) >= 11 is 0. The fourth-order valence-electron chi connectivity index (χ4n) is 9.18. The minimum atomic E-state index is -0.790. The molecule has 442 valence electrons. The zero-order valence-electron chi connectivity index (χ0n) is 50.7. The quantitative estimate of drug-likeness (QED) is 0.0261. The van der Waals surface area contributed by atoms with Gasteiger partial charge in [0.15, 0.2) is 6.10 Å². The summed E-state index contributed by atoms with van der Waals surface area (Å²) in [6.07, 6.45) is 86.9. The van der Waals surface area contributed by atoms with E-state index in [1.807, 2.05) is 0 Å². The minimum Gasteiger partial charge on any atom is -0.462 e. The van der Waals surface area contributed by atoms with Gasteiger partial charge in [-0.1, -0.05) is 291 Å². The van der Waals surface area contributed by atoms with Crippen molar-refractivity contribution in [1.29, 1.82) is 0 Å². The van der Waals surface area contributed by atoms with E-state index >= 15 is 0 Å². The predicted octanol–water partition coefficient (Wildman–Crippen LogP) is 22.4. The molecule has 0 heterocycles. The second kappa shape index (κ2) is 64.9. The number of allylic oxidation sites excluding steroid dienone is 16. The lowest BCUT2D eigenvalue weighted by atomic mass is 10.0. The number of carbonyl (C=O) groups is 3.